The summed E-state index contributed by atoms with van der Waals surface area (Å²) in [7, 11) is 0. The average Bonchev–Trinajstić information content (AvgIpc) is 3.30. The molecule has 0 radical (unpaired) electrons. The van der Waals surface area contributed by atoms with Gasteiger partial charge in [0.1, 0.15) is 23.3 Å². The standard InChI is InChI=1S/C20H17F2N7O/c1-10-16(27-20(30)24-10)4-11-9-23-29-18(26-14-2-3-14)8-17(28-19(11)29)25-15-6-12(21)5-13(22)7-15/h4-9,14,26H,1-3H2,(H,25,28)(H2,24,27,30)/b16-4-. The van der Waals surface area contributed by atoms with Gasteiger partial charge in [-0.05, 0) is 31.1 Å². The summed E-state index contributed by atoms with van der Waals surface area (Å²) < 4.78 is 28.8. The zero-order valence-corrected chi connectivity index (χ0v) is 15.7. The van der Waals surface area contributed by atoms with E-state index in [0.29, 0.717) is 39.6 Å². The highest BCUT2D eigenvalue weighted by molar-refractivity contribution is 5.71. The highest BCUT2D eigenvalue weighted by Crippen LogP contribution is 2.28. The zero-order chi connectivity index (χ0) is 20.8. The van der Waals surface area contributed by atoms with Gasteiger partial charge in [0.2, 0.25) is 0 Å². The molecule has 4 N–H and O–H groups in total. The van der Waals surface area contributed by atoms with Crippen molar-refractivity contribution < 1.29 is 8.78 Å². The van der Waals surface area contributed by atoms with Crippen LogP contribution in [0.3, 0.4) is 0 Å². The van der Waals surface area contributed by atoms with Gasteiger partial charge < -0.3 is 20.6 Å². The number of nitrogens with one attached hydrogen (secondary N) is 4. The molecule has 8 nitrogen and oxygen atoms in total. The summed E-state index contributed by atoms with van der Waals surface area (Å²) in [4.78, 5) is 21.3. The van der Waals surface area contributed by atoms with E-state index in [0.717, 1.165) is 18.9 Å². The summed E-state index contributed by atoms with van der Waals surface area (Å²) >= 11 is 0. The number of benzene rings is 1. The molecule has 10 heteroatoms. The highest BCUT2D eigenvalue weighted by atomic mass is 19.1. The lowest BCUT2D eigenvalue weighted by Gasteiger charge is -2.11. The van der Waals surface area contributed by atoms with Crippen LogP contribution in [0, 0.1) is 11.6 Å². The fourth-order valence-corrected chi connectivity index (χ4v) is 3.17. The second kappa shape index (κ2) is 6.83. The lowest BCUT2D eigenvalue weighted by molar-refractivity contribution is 0.584. The Labute approximate surface area is 168 Å². The molecule has 0 atom stereocenters. The molecule has 3 aromatic heterocycles. The number of hydrogen-bond donors (Lipinski definition) is 4. The minimum Gasteiger partial charge on any atom is -0.367 e. The Morgan fingerprint density at radius 2 is 1.93 bits per heavy atom. The summed E-state index contributed by atoms with van der Waals surface area (Å²) in [5.74, 6) is -0.289. The molecule has 1 aromatic carbocycles. The molecule has 1 fully saturated rings. The van der Waals surface area contributed by atoms with Crippen LogP contribution in [0.25, 0.3) is 18.3 Å². The molecule has 0 amide bonds. The molecule has 30 heavy (non-hydrogen) atoms. The molecular weight excluding hydrogens is 392 g/mol. The number of H-pyrrole nitrogens is 2. The fraction of sp³-hybridized carbons (Fsp3) is 0.150. The molecule has 152 valence electrons. The first-order chi connectivity index (χ1) is 14.4. The van der Waals surface area contributed by atoms with Gasteiger partial charge in [-0.15, -0.1) is 0 Å². The number of anilines is 3. The Balaban J connectivity index is 1.64. The van der Waals surface area contributed by atoms with Gasteiger partial charge in [-0.1, -0.05) is 6.58 Å². The average molecular weight is 409 g/mol. The first-order valence-corrected chi connectivity index (χ1v) is 9.32. The lowest BCUT2D eigenvalue weighted by Crippen LogP contribution is -2.22. The van der Waals surface area contributed by atoms with Crippen LogP contribution >= 0.6 is 0 Å². The third kappa shape index (κ3) is 3.54. The van der Waals surface area contributed by atoms with E-state index in [1.54, 1.807) is 22.9 Å². The molecule has 4 aromatic rings. The number of imidazole rings is 1. The number of aromatic nitrogens is 5. The van der Waals surface area contributed by atoms with E-state index in [9.17, 15) is 13.6 Å². The summed E-state index contributed by atoms with van der Waals surface area (Å²) in [6.07, 6.45) is 5.44. The Bertz CT molecular complexity index is 1410. The molecule has 0 unspecified atom stereocenters. The van der Waals surface area contributed by atoms with Crippen molar-refractivity contribution in [2.24, 2.45) is 0 Å². The normalized spacial score (nSPS) is 14.4. The van der Waals surface area contributed by atoms with Gasteiger partial charge in [-0.25, -0.2) is 18.6 Å². The Kier molecular flexibility index (Phi) is 4.12. The van der Waals surface area contributed by atoms with Gasteiger partial charge in [-0.3, -0.25) is 0 Å². The van der Waals surface area contributed by atoms with Crippen molar-refractivity contribution in [3.05, 3.63) is 68.8 Å². The van der Waals surface area contributed by atoms with E-state index in [-0.39, 0.29) is 11.4 Å². The largest absolute Gasteiger partial charge is 0.367 e. The molecule has 3 heterocycles. The molecule has 0 spiro atoms. The Morgan fingerprint density at radius 1 is 1.17 bits per heavy atom. The molecular formula is C20H17F2N7O. The van der Waals surface area contributed by atoms with Crippen LogP contribution in [0.1, 0.15) is 18.4 Å². The van der Waals surface area contributed by atoms with Crippen molar-refractivity contribution in [3.63, 3.8) is 0 Å². The first kappa shape index (κ1) is 18.1. The number of rotatable bonds is 5. The van der Waals surface area contributed by atoms with Crippen LogP contribution in [0.15, 0.2) is 35.3 Å². The van der Waals surface area contributed by atoms with Crippen molar-refractivity contribution in [2.75, 3.05) is 10.6 Å². The van der Waals surface area contributed by atoms with Gasteiger partial charge in [0.15, 0.2) is 5.65 Å². The van der Waals surface area contributed by atoms with E-state index in [4.69, 9.17) is 0 Å². The predicted octanol–water partition coefficient (Wildman–Crippen LogP) is 1.58. The van der Waals surface area contributed by atoms with Crippen molar-refractivity contribution in [1.82, 2.24) is 24.6 Å². The number of halogens is 2. The second-order valence-corrected chi connectivity index (χ2v) is 7.18. The molecule has 0 aliphatic heterocycles. The van der Waals surface area contributed by atoms with Crippen molar-refractivity contribution >= 4 is 35.6 Å². The van der Waals surface area contributed by atoms with Gasteiger partial charge in [0.25, 0.3) is 0 Å². The van der Waals surface area contributed by atoms with E-state index < -0.39 is 11.6 Å². The van der Waals surface area contributed by atoms with Crippen LogP contribution < -0.4 is 27.0 Å². The molecule has 1 aliphatic rings. The van der Waals surface area contributed by atoms with Gasteiger partial charge in [-0.2, -0.15) is 9.61 Å². The Hall–Kier alpha value is -3.95. The second-order valence-electron chi connectivity index (χ2n) is 7.18. The molecule has 0 saturated heterocycles. The van der Waals surface area contributed by atoms with Crippen molar-refractivity contribution in [2.45, 2.75) is 18.9 Å². The lowest BCUT2D eigenvalue weighted by atomic mass is 10.3. The predicted molar refractivity (Wildman–Crippen MR) is 109 cm³/mol. The maximum atomic E-state index is 13.6. The number of fused-ring (bicyclic) bond motifs is 1. The molecule has 1 aliphatic carbocycles. The monoisotopic (exact) mass is 409 g/mol. The molecule has 0 bridgehead atoms. The maximum Gasteiger partial charge on any atom is 0.323 e. The molecule has 1 saturated carbocycles. The maximum absolute atomic E-state index is 13.6. The van der Waals surface area contributed by atoms with Crippen LogP contribution in [0.2, 0.25) is 0 Å². The van der Waals surface area contributed by atoms with E-state index >= 15 is 0 Å². The minimum absolute atomic E-state index is 0.238. The van der Waals surface area contributed by atoms with Gasteiger partial charge in [0.05, 0.1) is 16.9 Å². The topological polar surface area (TPSA) is 103 Å². The van der Waals surface area contributed by atoms with E-state index in [2.05, 4.69) is 37.3 Å². The van der Waals surface area contributed by atoms with Crippen LogP contribution in [0.5, 0.6) is 0 Å². The Morgan fingerprint density at radius 3 is 2.60 bits per heavy atom. The van der Waals surface area contributed by atoms with Crippen LogP contribution in [-0.4, -0.2) is 30.6 Å². The van der Waals surface area contributed by atoms with Crippen LogP contribution in [-0.2, 0) is 0 Å². The number of hydrogen-bond acceptors (Lipinski definition) is 5. The summed E-state index contributed by atoms with van der Waals surface area (Å²) in [5.41, 5.74) is 1.02. The fourth-order valence-electron chi connectivity index (χ4n) is 3.17. The smallest absolute Gasteiger partial charge is 0.323 e. The van der Waals surface area contributed by atoms with E-state index in [1.165, 1.54) is 12.1 Å². The quantitative estimate of drug-likeness (QED) is 0.401. The first-order valence-electron chi connectivity index (χ1n) is 9.32. The number of aromatic amines is 2. The van der Waals surface area contributed by atoms with Crippen LogP contribution in [0.4, 0.5) is 26.1 Å². The van der Waals surface area contributed by atoms with E-state index in [1.807, 2.05) is 0 Å². The van der Waals surface area contributed by atoms with Crippen molar-refractivity contribution in [1.29, 1.82) is 0 Å². The SMILES string of the molecule is C=c1[nH]c(=O)[nH]/c1=C\c1cnn2c(NC3CC3)cc(Nc3cc(F)cc(F)c3)nc12. The third-order valence-electron chi connectivity index (χ3n) is 4.70. The summed E-state index contributed by atoms with van der Waals surface area (Å²) in [6, 6.07) is 5.26. The van der Waals surface area contributed by atoms with Gasteiger partial charge in [0, 0.05) is 29.4 Å². The zero-order valence-electron chi connectivity index (χ0n) is 15.7. The van der Waals surface area contributed by atoms with Gasteiger partial charge >= 0.3 is 5.69 Å². The third-order valence-corrected chi connectivity index (χ3v) is 4.70. The minimum atomic E-state index is -0.687. The summed E-state index contributed by atoms with van der Waals surface area (Å²) in [6.45, 7) is 3.80. The highest BCUT2D eigenvalue weighted by Gasteiger charge is 2.23. The molecule has 5 rings (SSSR count). The van der Waals surface area contributed by atoms with Crippen molar-refractivity contribution in [3.8, 4) is 0 Å². The summed E-state index contributed by atoms with van der Waals surface area (Å²) in [5, 5.41) is 11.7. The number of nitrogens with zero attached hydrogens (tertiary/aromatic N) is 3.